The lowest BCUT2D eigenvalue weighted by Gasteiger charge is -2.23. The highest BCUT2D eigenvalue weighted by atomic mass is 35.5. The van der Waals surface area contributed by atoms with Gasteiger partial charge in [-0.3, -0.25) is 4.79 Å². The molecule has 1 N–H and O–H groups in total. The van der Waals surface area contributed by atoms with Crippen LogP contribution in [0.3, 0.4) is 0 Å². The minimum atomic E-state index is -4.11. The van der Waals surface area contributed by atoms with Crippen LogP contribution < -0.4 is 0 Å². The Kier molecular flexibility index (Phi) is 4.75. The first-order valence-electron chi connectivity index (χ1n) is 6.05. The van der Waals surface area contributed by atoms with E-state index in [0.717, 1.165) is 4.31 Å². The fraction of sp³-hybridized carbons (Fsp3) is 0.417. The third-order valence-electron chi connectivity index (χ3n) is 3.44. The number of halogens is 3. The number of sulfonamides is 1. The molecule has 1 fully saturated rings. The van der Waals surface area contributed by atoms with Gasteiger partial charge in [0.2, 0.25) is 10.0 Å². The van der Waals surface area contributed by atoms with Crippen LogP contribution in [-0.4, -0.2) is 36.4 Å². The molecule has 0 aliphatic carbocycles. The fourth-order valence-corrected chi connectivity index (χ4v) is 5.63. The van der Waals surface area contributed by atoms with Crippen molar-refractivity contribution in [3.05, 3.63) is 27.2 Å². The van der Waals surface area contributed by atoms with E-state index in [0.29, 0.717) is 6.42 Å². The molecule has 0 radical (unpaired) electrons. The highest BCUT2D eigenvalue weighted by molar-refractivity contribution is 7.89. The Morgan fingerprint density at radius 3 is 2.29 bits per heavy atom. The molecular weight excluding hydrogens is 361 g/mol. The second-order valence-electron chi connectivity index (χ2n) is 4.86. The number of rotatable bonds is 3. The van der Waals surface area contributed by atoms with E-state index in [-0.39, 0.29) is 32.4 Å². The number of carboxylic acid groups (broad SMARTS) is 1. The van der Waals surface area contributed by atoms with E-state index in [1.165, 1.54) is 12.1 Å². The first kappa shape index (κ1) is 16.8. The van der Waals surface area contributed by atoms with E-state index in [4.69, 9.17) is 34.8 Å². The van der Waals surface area contributed by atoms with E-state index >= 15 is 0 Å². The van der Waals surface area contributed by atoms with Crippen LogP contribution in [0, 0.1) is 5.92 Å². The van der Waals surface area contributed by atoms with Gasteiger partial charge in [-0.15, -0.1) is 0 Å². The molecule has 0 amide bonds. The number of hydrogen-bond acceptors (Lipinski definition) is 3. The van der Waals surface area contributed by atoms with Crippen LogP contribution in [0.2, 0.25) is 15.1 Å². The summed E-state index contributed by atoms with van der Waals surface area (Å²) in [5.41, 5.74) is 0. The van der Waals surface area contributed by atoms with Crippen LogP contribution in [0.4, 0.5) is 0 Å². The zero-order valence-corrected chi connectivity index (χ0v) is 14.0. The van der Waals surface area contributed by atoms with Gasteiger partial charge in [-0.1, -0.05) is 41.7 Å². The molecule has 2 rings (SSSR count). The molecule has 0 aromatic heterocycles. The molecule has 1 aliphatic heterocycles. The molecule has 9 heteroatoms. The number of carbonyl (C=O) groups is 1. The largest absolute Gasteiger partial charge is 0.480 e. The van der Waals surface area contributed by atoms with Crippen molar-refractivity contribution in [2.24, 2.45) is 5.92 Å². The van der Waals surface area contributed by atoms with Gasteiger partial charge in [-0.05, 0) is 24.5 Å². The van der Waals surface area contributed by atoms with Crippen LogP contribution in [0.25, 0.3) is 0 Å². The predicted octanol–water partition coefficient (Wildman–Crippen LogP) is 3.13. The SMILES string of the molecule is CC1CCN(S(=O)(=O)c2c(Cl)cc(Cl)cc2Cl)C1C(=O)O. The average Bonchev–Trinajstić information content (AvgIpc) is 2.69. The lowest BCUT2D eigenvalue weighted by atomic mass is 10.0. The second kappa shape index (κ2) is 5.93. The molecule has 1 heterocycles. The van der Waals surface area contributed by atoms with Crippen LogP contribution in [0.5, 0.6) is 0 Å². The quantitative estimate of drug-likeness (QED) is 0.884. The summed E-state index contributed by atoms with van der Waals surface area (Å²) in [5.74, 6) is -1.48. The molecule has 1 saturated heterocycles. The maximum atomic E-state index is 12.7. The Balaban J connectivity index is 2.55. The maximum absolute atomic E-state index is 12.7. The molecule has 1 aromatic rings. The Morgan fingerprint density at radius 1 is 1.29 bits per heavy atom. The number of nitrogens with zero attached hydrogens (tertiary/aromatic N) is 1. The van der Waals surface area contributed by atoms with Crippen molar-refractivity contribution in [2.45, 2.75) is 24.3 Å². The number of hydrogen-bond donors (Lipinski definition) is 1. The Labute approximate surface area is 137 Å². The Bertz CT molecular complexity index is 669. The van der Waals surface area contributed by atoms with Crippen LogP contribution in [0.1, 0.15) is 13.3 Å². The first-order chi connectivity index (χ1) is 9.66. The fourth-order valence-electron chi connectivity index (χ4n) is 2.44. The van der Waals surface area contributed by atoms with E-state index in [1.54, 1.807) is 6.92 Å². The average molecular weight is 373 g/mol. The van der Waals surface area contributed by atoms with Gasteiger partial charge in [-0.2, -0.15) is 4.31 Å². The summed E-state index contributed by atoms with van der Waals surface area (Å²) in [6, 6.07) is 1.40. The van der Waals surface area contributed by atoms with Crippen molar-refractivity contribution in [3.63, 3.8) is 0 Å². The lowest BCUT2D eigenvalue weighted by molar-refractivity contribution is -0.141. The van der Waals surface area contributed by atoms with Gasteiger partial charge in [0.05, 0.1) is 10.0 Å². The standard InChI is InChI=1S/C12H12Cl3NO4S/c1-6-2-3-16(10(6)12(17)18)21(19,20)11-8(14)4-7(13)5-9(11)15/h4-6,10H,2-3H2,1H3,(H,17,18). The van der Waals surface area contributed by atoms with Gasteiger partial charge in [0.15, 0.2) is 0 Å². The molecule has 2 atom stereocenters. The zero-order chi connectivity index (χ0) is 15.9. The minimum Gasteiger partial charge on any atom is -0.480 e. The van der Waals surface area contributed by atoms with E-state index in [2.05, 4.69) is 0 Å². The van der Waals surface area contributed by atoms with Gasteiger partial charge in [0, 0.05) is 11.6 Å². The van der Waals surface area contributed by atoms with Crippen molar-refractivity contribution >= 4 is 50.8 Å². The summed E-state index contributed by atoms with van der Waals surface area (Å²) in [5, 5.41) is 9.20. The summed E-state index contributed by atoms with van der Waals surface area (Å²) < 4.78 is 26.3. The molecule has 0 saturated carbocycles. The molecule has 21 heavy (non-hydrogen) atoms. The van der Waals surface area contributed by atoms with E-state index in [1.807, 2.05) is 0 Å². The summed E-state index contributed by atoms with van der Waals surface area (Å²) in [6.07, 6.45) is 0.457. The molecule has 5 nitrogen and oxygen atoms in total. The van der Waals surface area contributed by atoms with Crippen LogP contribution in [-0.2, 0) is 14.8 Å². The van der Waals surface area contributed by atoms with Gasteiger partial charge in [0.1, 0.15) is 10.9 Å². The Morgan fingerprint density at radius 2 is 1.81 bits per heavy atom. The first-order valence-corrected chi connectivity index (χ1v) is 8.63. The monoisotopic (exact) mass is 371 g/mol. The summed E-state index contributed by atoms with van der Waals surface area (Å²) >= 11 is 17.6. The van der Waals surface area contributed by atoms with Crippen LogP contribution >= 0.6 is 34.8 Å². The van der Waals surface area contributed by atoms with Crippen molar-refractivity contribution < 1.29 is 18.3 Å². The van der Waals surface area contributed by atoms with Crippen molar-refractivity contribution in [1.29, 1.82) is 0 Å². The molecular formula is C12H12Cl3NO4S. The smallest absolute Gasteiger partial charge is 0.322 e. The summed E-state index contributed by atoms with van der Waals surface area (Å²) in [7, 11) is -4.11. The molecule has 0 bridgehead atoms. The third kappa shape index (κ3) is 3.00. The van der Waals surface area contributed by atoms with Gasteiger partial charge >= 0.3 is 5.97 Å². The second-order valence-corrected chi connectivity index (χ2v) is 7.94. The number of aliphatic carboxylic acids is 1. The summed E-state index contributed by atoms with van der Waals surface area (Å²) in [4.78, 5) is 11.0. The van der Waals surface area contributed by atoms with Gasteiger partial charge in [0.25, 0.3) is 0 Å². The van der Waals surface area contributed by atoms with Crippen molar-refractivity contribution in [2.75, 3.05) is 6.54 Å². The molecule has 116 valence electrons. The highest BCUT2D eigenvalue weighted by Crippen LogP contribution is 2.38. The highest BCUT2D eigenvalue weighted by Gasteiger charge is 2.45. The van der Waals surface area contributed by atoms with Crippen molar-refractivity contribution in [1.82, 2.24) is 4.31 Å². The number of benzene rings is 1. The molecule has 0 spiro atoms. The third-order valence-corrected chi connectivity index (χ3v) is 6.46. The summed E-state index contributed by atoms with van der Waals surface area (Å²) in [6.45, 7) is 1.80. The zero-order valence-electron chi connectivity index (χ0n) is 10.9. The molecule has 1 aliphatic rings. The van der Waals surface area contributed by atoms with Crippen molar-refractivity contribution in [3.8, 4) is 0 Å². The van der Waals surface area contributed by atoms with E-state index in [9.17, 15) is 18.3 Å². The molecule has 1 aromatic carbocycles. The van der Waals surface area contributed by atoms with Gasteiger partial charge < -0.3 is 5.11 Å². The predicted molar refractivity (Wildman–Crippen MR) is 80.6 cm³/mol. The van der Waals surface area contributed by atoms with Crippen LogP contribution in [0.15, 0.2) is 17.0 Å². The topological polar surface area (TPSA) is 74.7 Å². The Hall–Kier alpha value is -0.530. The van der Waals surface area contributed by atoms with E-state index < -0.39 is 22.0 Å². The molecule has 2 unspecified atom stereocenters. The van der Waals surface area contributed by atoms with Gasteiger partial charge in [-0.25, -0.2) is 8.42 Å². The lowest BCUT2D eigenvalue weighted by Crippen LogP contribution is -2.42. The number of carboxylic acids is 1. The maximum Gasteiger partial charge on any atom is 0.322 e. The minimum absolute atomic E-state index is 0.107. The normalized spacial score (nSPS) is 23.4.